The van der Waals surface area contributed by atoms with E-state index in [2.05, 4.69) is 10.1 Å². The summed E-state index contributed by atoms with van der Waals surface area (Å²) < 4.78 is 16.8. The fourth-order valence-electron chi connectivity index (χ4n) is 2.99. The molecule has 7 heteroatoms. The third kappa shape index (κ3) is 3.98. The third-order valence-corrected chi connectivity index (χ3v) is 4.50. The Morgan fingerprint density at radius 2 is 1.82 bits per heavy atom. The highest BCUT2D eigenvalue weighted by Gasteiger charge is 2.35. The number of amides is 1. The second-order valence-electron chi connectivity index (χ2n) is 6.73. The Labute approximate surface area is 162 Å². The molecule has 2 aromatic carbocycles. The fraction of sp³-hybridized carbons (Fsp3) is 0.286. The molecule has 0 N–H and O–H groups in total. The van der Waals surface area contributed by atoms with Crippen molar-refractivity contribution in [3.05, 3.63) is 60.4 Å². The van der Waals surface area contributed by atoms with Crippen molar-refractivity contribution in [2.45, 2.75) is 26.1 Å². The van der Waals surface area contributed by atoms with E-state index in [4.69, 9.17) is 14.0 Å². The van der Waals surface area contributed by atoms with Crippen LogP contribution < -0.4 is 9.47 Å². The van der Waals surface area contributed by atoms with Gasteiger partial charge in [-0.25, -0.2) is 0 Å². The largest absolute Gasteiger partial charge is 0.487 e. The summed E-state index contributed by atoms with van der Waals surface area (Å²) in [5, 5.41) is 3.79. The summed E-state index contributed by atoms with van der Waals surface area (Å²) in [4.78, 5) is 18.4. The molecule has 28 heavy (non-hydrogen) atoms. The van der Waals surface area contributed by atoms with Crippen LogP contribution in [-0.2, 0) is 4.79 Å². The summed E-state index contributed by atoms with van der Waals surface area (Å²) >= 11 is 0. The van der Waals surface area contributed by atoms with Crippen LogP contribution in [0.25, 0.3) is 11.5 Å². The molecule has 0 bridgehead atoms. The van der Waals surface area contributed by atoms with Gasteiger partial charge >= 0.3 is 0 Å². The lowest BCUT2D eigenvalue weighted by Gasteiger charge is -2.40. The number of likely N-dealkylation sites (tertiary alicyclic amines) is 1. The number of nitrogens with zero attached hydrogens (tertiary/aromatic N) is 3. The SMILES string of the molecule is Cc1noc(-c2ccc(OC3CN(C(=O)C(C)Oc4ccccc4)C3)cc2)n1. The molecule has 1 aliphatic heterocycles. The number of aromatic nitrogens is 2. The molecular weight excluding hydrogens is 358 g/mol. The summed E-state index contributed by atoms with van der Waals surface area (Å²) in [6.07, 6.45) is -0.551. The maximum Gasteiger partial charge on any atom is 0.263 e. The lowest BCUT2D eigenvalue weighted by Crippen LogP contribution is -2.58. The van der Waals surface area contributed by atoms with Crippen LogP contribution in [0.1, 0.15) is 12.7 Å². The van der Waals surface area contributed by atoms with E-state index >= 15 is 0 Å². The molecule has 0 radical (unpaired) electrons. The Morgan fingerprint density at radius 3 is 2.46 bits per heavy atom. The highest BCUT2D eigenvalue weighted by molar-refractivity contribution is 5.81. The average molecular weight is 379 g/mol. The zero-order valence-electron chi connectivity index (χ0n) is 15.7. The first-order valence-corrected chi connectivity index (χ1v) is 9.16. The van der Waals surface area contributed by atoms with Crippen molar-refractivity contribution < 1.29 is 18.8 Å². The topological polar surface area (TPSA) is 77.7 Å². The van der Waals surface area contributed by atoms with Crippen LogP contribution in [0.4, 0.5) is 0 Å². The molecule has 7 nitrogen and oxygen atoms in total. The number of ether oxygens (including phenoxy) is 2. The number of para-hydroxylation sites is 1. The molecule has 0 spiro atoms. The molecule has 144 valence electrons. The normalized spacial score (nSPS) is 15.0. The quantitative estimate of drug-likeness (QED) is 0.655. The summed E-state index contributed by atoms with van der Waals surface area (Å²) in [5.41, 5.74) is 0.838. The van der Waals surface area contributed by atoms with Crippen LogP contribution in [0.3, 0.4) is 0 Å². The number of rotatable bonds is 6. The second-order valence-corrected chi connectivity index (χ2v) is 6.73. The summed E-state index contributed by atoms with van der Waals surface area (Å²) in [5.74, 6) is 2.47. The minimum atomic E-state index is -0.527. The van der Waals surface area contributed by atoms with Crippen LogP contribution >= 0.6 is 0 Å². The average Bonchev–Trinajstić information content (AvgIpc) is 3.11. The maximum absolute atomic E-state index is 12.5. The zero-order chi connectivity index (χ0) is 19.5. The highest BCUT2D eigenvalue weighted by Crippen LogP contribution is 2.24. The standard InChI is InChI=1S/C21H21N3O4/c1-14(26-17-6-4-3-5-7-17)21(25)24-12-19(13-24)27-18-10-8-16(9-11-18)20-22-15(2)23-28-20/h3-11,14,19H,12-13H2,1-2H3. The van der Waals surface area contributed by atoms with Gasteiger partial charge < -0.3 is 18.9 Å². The van der Waals surface area contributed by atoms with E-state index in [1.165, 1.54) is 0 Å². The summed E-state index contributed by atoms with van der Waals surface area (Å²) in [6.45, 7) is 4.64. The first kappa shape index (κ1) is 18.0. The van der Waals surface area contributed by atoms with Crippen molar-refractivity contribution in [3.63, 3.8) is 0 Å². The van der Waals surface area contributed by atoms with Crippen molar-refractivity contribution in [2.24, 2.45) is 0 Å². The molecule has 1 amide bonds. The minimum Gasteiger partial charge on any atom is -0.487 e. The van der Waals surface area contributed by atoms with E-state index in [9.17, 15) is 4.79 Å². The van der Waals surface area contributed by atoms with Crippen LogP contribution in [0.5, 0.6) is 11.5 Å². The lowest BCUT2D eigenvalue weighted by atomic mass is 10.1. The van der Waals surface area contributed by atoms with E-state index < -0.39 is 6.10 Å². The Kier molecular flexibility index (Phi) is 4.97. The Morgan fingerprint density at radius 1 is 1.11 bits per heavy atom. The third-order valence-electron chi connectivity index (χ3n) is 4.50. The number of aryl methyl sites for hydroxylation is 1. The van der Waals surface area contributed by atoms with E-state index in [0.717, 1.165) is 11.3 Å². The summed E-state index contributed by atoms with van der Waals surface area (Å²) in [6, 6.07) is 16.8. The first-order chi connectivity index (χ1) is 13.6. The molecule has 0 aliphatic carbocycles. The van der Waals surface area contributed by atoms with Gasteiger partial charge in [0, 0.05) is 5.56 Å². The molecule has 1 atom stereocenters. The fourth-order valence-corrected chi connectivity index (χ4v) is 2.99. The van der Waals surface area contributed by atoms with Crippen molar-refractivity contribution in [1.82, 2.24) is 15.0 Å². The molecule has 3 aromatic rings. The first-order valence-electron chi connectivity index (χ1n) is 9.16. The highest BCUT2D eigenvalue weighted by atomic mass is 16.5. The van der Waals surface area contributed by atoms with E-state index in [0.29, 0.717) is 30.6 Å². The number of carbonyl (C=O) groups excluding carboxylic acids is 1. The van der Waals surface area contributed by atoms with Crippen molar-refractivity contribution >= 4 is 5.91 Å². The van der Waals surface area contributed by atoms with E-state index in [1.54, 1.807) is 18.7 Å². The Bertz CT molecular complexity index is 934. The number of hydrogen-bond acceptors (Lipinski definition) is 6. The lowest BCUT2D eigenvalue weighted by molar-refractivity contribution is -0.146. The van der Waals surface area contributed by atoms with E-state index in [1.807, 2.05) is 54.6 Å². The van der Waals surface area contributed by atoms with Gasteiger partial charge in [-0.2, -0.15) is 4.98 Å². The van der Waals surface area contributed by atoms with Crippen molar-refractivity contribution in [1.29, 1.82) is 0 Å². The van der Waals surface area contributed by atoms with Gasteiger partial charge in [-0.1, -0.05) is 23.4 Å². The zero-order valence-corrected chi connectivity index (χ0v) is 15.7. The van der Waals surface area contributed by atoms with Crippen LogP contribution in [0.2, 0.25) is 0 Å². The molecule has 4 rings (SSSR count). The van der Waals surface area contributed by atoms with Gasteiger partial charge in [0.1, 0.15) is 17.6 Å². The van der Waals surface area contributed by atoms with Crippen LogP contribution in [0, 0.1) is 6.92 Å². The molecule has 1 aliphatic rings. The van der Waals surface area contributed by atoms with Gasteiger partial charge in [0.25, 0.3) is 11.8 Å². The van der Waals surface area contributed by atoms with Gasteiger partial charge in [0.05, 0.1) is 13.1 Å². The molecule has 1 unspecified atom stereocenters. The van der Waals surface area contributed by atoms with Gasteiger partial charge in [-0.05, 0) is 50.2 Å². The Balaban J connectivity index is 1.26. The predicted octanol–water partition coefficient (Wildman–Crippen LogP) is 3.10. The van der Waals surface area contributed by atoms with Crippen LogP contribution in [0.15, 0.2) is 59.1 Å². The molecule has 1 fully saturated rings. The number of benzene rings is 2. The van der Waals surface area contributed by atoms with Gasteiger partial charge in [0.2, 0.25) is 0 Å². The maximum atomic E-state index is 12.5. The monoisotopic (exact) mass is 379 g/mol. The van der Waals surface area contributed by atoms with Crippen molar-refractivity contribution in [2.75, 3.05) is 13.1 Å². The predicted molar refractivity (Wildman–Crippen MR) is 102 cm³/mol. The number of hydrogen-bond donors (Lipinski definition) is 0. The molecule has 0 saturated carbocycles. The van der Waals surface area contributed by atoms with E-state index in [-0.39, 0.29) is 12.0 Å². The second kappa shape index (κ2) is 7.72. The molecular formula is C21H21N3O4. The van der Waals surface area contributed by atoms with Crippen molar-refractivity contribution in [3.8, 4) is 23.0 Å². The van der Waals surface area contributed by atoms with Gasteiger partial charge in [-0.15, -0.1) is 0 Å². The molecule has 2 heterocycles. The Hall–Kier alpha value is -3.35. The molecule has 1 aromatic heterocycles. The number of carbonyl (C=O) groups is 1. The van der Waals surface area contributed by atoms with Gasteiger partial charge in [0.15, 0.2) is 11.9 Å². The summed E-state index contributed by atoms with van der Waals surface area (Å²) in [7, 11) is 0. The van der Waals surface area contributed by atoms with Crippen LogP contribution in [-0.4, -0.2) is 46.2 Å². The smallest absolute Gasteiger partial charge is 0.263 e. The molecule has 1 saturated heterocycles. The van der Waals surface area contributed by atoms with Gasteiger partial charge in [-0.3, -0.25) is 4.79 Å². The minimum absolute atomic E-state index is 0.0237.